The van der Waals surface area contributed by atoms with Crippen molar-refractivity contribution in [3.63, 3.8) is 0 Å². The fourth-order valence-electron chi connectivity index (χ4n) is 3.02. The maximum Gasteiger partial charge on any atom is 0.134 e. The number of nitrogens with zero attached hydrogens (tertiary/aromatic N) is 4. The third kappa shape index (κ3) is 3.87. The number of rotatable bonds is 8. The molecule has 0 fully saturated rings. The predicted octanol–water partition coefficient (Wildman–Crippen LogP) is 2.04. The van der Waals surface area contributed by atoms with E-state index in [1.54, 1.807) is 6.20 Å². The Labute approximate surface area is 146 Å². The second-order valence-electron chi connectivity index (χ2n) is 6.07. The van der Waals surface area contributed by atoms with Crippen molar-refractivity contribution in [1.82, 2.24) is 24.8 Å². The quantitative estimate of drug-likeness (QED) is 0.633. The van der Waals surface area contributed by atoms with E-state index in [9.17, 15) is 9.90 Å². The summed E-state index contributed by atoms with van der Waals surface area (Å²) in [5, 5.41) is 12.7. The molecule has 3 aromatic heterocycles. The number of aryl methyl sites for hydroxylation is 2. The third-order valence-electron chi connectivity index (χ3n) is 4.24. The number of carbonyl (C=O) groups excluding carboxylic acids is 1. The second kappa shape index (κ2) is 7.92. The van der Waals surface area contributed by atoms with Crippen LogP contribution in [0, 0.1) is 0 Å². The minimum absolute atomic E-state index is 0.403. The Bertz CT molecular complexity index is 874. The summed E-state index contributed by atoms with van der Waals surface area (Å²) >= 11 is 0. The number of fused-ring (bicyclic) bond motifs is 3. The number of amides is 1. The minimum Gasteiger partial charge on any atom is -0.530 e. The molecule has 3 aromatic rings. The maximum absolute atomic E-state index is 10.4. The molecule has 1 amide bonds. The average Bonchev–Trinajstić information content (AvgIpc) is 2.97. The number of unbranched alkanes of at least 4 members (excludes halogenated alkanes) is 2. The van der Waals surface area contributed by atoms with Gasteiger partial charge in [-0.3, -0.25) is 9.97 Å². The molecule has 0 aliphatic rings. The van der Waals surface area contributed by atoms with Gasteiger partial charge in [0.2, 0.25) is 0 Å². The molecule has 0 bridgehead atoms. The Morgan fingerprint density at radius 2 is 2.12 bits per heavy atom. The van der Waals surface area contributed by atoms with Gasteiger partial charge < -0.3 is 19.8 Å². The summed E-state index contributed by atoms with van der Waals surface area (Å²) in [6.45, 7) is 3.34. The van der Waals surface area contributed by atoms with E-state index in [-0.39, 0.29) is 0 Å². The molecule has 0 saturated carbocycles. The highest BCUT2D eigenvalue weighted by Crippen LogP contribution is 2.24. The van der Waals surface area contributed by atoms with Gasteiger partial charge in [-0.15, -0.1) is 0 Å². The molecule has 0 atom stereocenters. The average molecular weight is 340 g/mol. The fraction of sp³-hybridized carbons (Fsp3) is 0.444. The highest BCUT2D eigenvalue weighted by Gasteiger charge is 2.14. The smallest absolute Gasteiger partial charge is 0.134 e. The van der Waals surface area contributed by atoms with Gasteiger partial charge in [-0.25, -0.2) is 4.98 Å². The van der Waals surface area contributed by atoms with Crippen molar-refractivity contribution in [2.75, 3.05) is 6.54 Å². The lowest BCUT2D eigenvalue weighted by atomic mass is 10.2. The van der Waals surface area contributed by atoms with Crippen molar-refractivity contribution in [3.05, 3.63) is 30.4 Å². The van der Waals surface area contributed by atoms with Crippen molar-refractivity contribution in [2.24, 2.45) is 0 Å². The molecule has 0 saturated heterocycles. The number of carboxylic acid groups (broad SMARTS) is 1. The van der Waals surface area contributed by atoms with Gasteiger partial charge in [0.25, 0.3) is 0 Å². The molecule has 0 unspecified atom stereocenters. The molecule has 0 aromatic carbocycles. The first-order chi connectivity index (χ1) is 12.2. The van der Waals surface area contributed by atoms with Crippen molar-refractivity contribution in [1.29, 1.82) is 0 Å². The van der Waals surface area contributed by atoms with E-state index in [2.05, 4.69) is 26.8 Å². The summed E-state index contributed by atoms with van der Waals surface area (Å²) in [7, 11) is 0. The summed E-state index contributed by atoms with van der Waals surface area (Å²) in [6, 6.07) is 3.83. The standard InChI is InChI=1S/C18H23N5O2/c1-2-3-8-15-22-14-12-21-13-7-6-10-19-16(13)17(14)23(15)11-5-4-9-20-18(24)25/h6-7,10,12,20H,2-5,8-9,11H2,1H3,(H,24,25)/p-1. The van der Waals surface area contributed by atoms with Crippen LogP contribution in [0.4, 0.5) is 4.79 Å². The van der Waals surface area contributed by atoms with E-state index in [1.165, 1.54) is 0 Å². The van der Waals surface area contributed by atoms with Crippen LogP contribution >= 0.6 is 0 Å². The molecular formula is C18H22N5O2-. The second-order valence-corrected chi connectivity index (χ2v) is 6.07. The zero-order chi connectivity index (χ0) is 17.6. The highest BCUT2D eigenvalue weighted by molar-refractivity contribution is 5.99. The zero-order valence-electron chi connectivity index (χ0n) is 14.4. The van der Waals surface area contributed by atoms with Gasteiger partial charge in [-0.1, -0.05) is 13.3 Å². The Hall–Kier alpha value is -2.70. The molecule has 0 aliphatic heterocycles. The Kier molecular flexibility index (Phi) is 5.42. The number of aromatic nitrogens is 4. The van der Waals surface area contributed by atoms with Crippen LogP contribution in [0.1, 0.15) is 38.4 Å². The Morgan fingerprint density at radius 3 is 2.92 bits per heavy atom. The lowest BCUT2D eigenvalue weighted by molar-refractivity contribution is -0.250. The number of carbonyl (C=O) groups is 1. The number of hydrogen-bond acceptors (Lipinski definition) is 5. The van der Waals surface area contributed by atoms with Crippen LogP contribution in [0.3, 0.4) is 0 Å². The van der Waals surface area contributed by atoms with Crippen LogP contribution in [-0.2, 0) is 13.0 Å². The minimum atomic E-state index is -1.22. The Balaban J connectivity index is 1.91. The zero-order valence-corrected chi connectivity index (χ0v) is 14.4. The lowest BCUT2D eigenvalue weighted by Gasteiger charge is -2.11. The molecule has 0 radical (unpaired) electrons. The van der Waals surface area contributed by atoms with Crippen molar-refractivity contribution in [3.8, 4) is 0 Å². The third-order valence-corrected chi connectivity index (χ3v) is 4.24. The summed E-state index contributed by atoms with van der Waals surface area (Å²) in [6.07, 6.45) is 7.05. The van der Waals surface area contributed by atoms with Crippen molar-refractivity contribution in [2.45, 2.75) is 45.6 Å². The first-order valence-electron chi connectivity index (χ1n) is 8.74. The lowest BCUT2D eigenvalue weighted by Crippen LogP contribution is -2.36. The molecule has 7 nitrogen and oxygen atoms in total. The number of nitrogens with one attached hydrogen (secondary N) is 1. The summed E-state index contributed by atoms with van der Waals surface area (Å²) in [5.74, 6) is 1.05. The van der Waals surface area contributed by atoms with Gasteiger partial charge >= 0.3 is 0 Å². The number of hydrogen-bond donors (Lipinski definition) is 1. The van der Waals surface area contributed by atoms with Crippen LogP contribution in [0.2, 0.25) is 0 Å². The van der Waals surface area contributed by atoms with Gasteiger partial charge in [0.1, 0.15) is 23.0 Å². The summed E-state index contributed by atoms with van der Waals surface area (Å²) in [5.41, 5.74) is 3.61. The summed E-state index contributed by atoms with van der Waals surface area (Å²) < 4.78 is 2.22. The molecule has 0 aliphatic carbocycles. The van der Waals surface area contributed by atoms with Gasteiger partial charge in [0, 0.05) is 25.7 Å². The van der Waals surface area contributed by atoms with Gasteiger partial charge in [-0.2, -0.15) is 0 Å². The molecule has 25 heavy (non-hydrogen) atoms. The van der Waals surface area contributed by atoms with E-state index in [1.807, 2.05) is 18.3 Å². The van der Waals surface area contributed by atoms with Crippen LogP contribution in [0.15, 0.2) is 24.5 Å². The topological polar surface area (TPSA) is 95.8 Å². The number of imidazole rings is 1. The van der Waals surface area contributed by atoms with Crippen molar-refractivity contribution >= 4 is 28.2 Å². The van der Waals surface area contributed by atoms with Gasteiger partial charge in [0.05, 0.1) is 17.2 Å². The SMILES string of the molecule is CCCCc1nc2cnc3cccnc3c2n1CCCCNC(=O)[O-]. The largest absolute Gasteiger partial charge is 0.530 e. The monoisotopic (exact) mass is 340 g/mol. The van der Waals surface area contributed by atoms with Crippen LogP contribution in [-0.4, -0.2) is 32.2 Å². The van der Waals surface area contributed by atoms with E-state index in [0.29, 0.717) is 6.54 Å². The summed E-state index contributed by atoms with van der Waals surface area (Å²) in [4.78, 5) is 24.2. The molecule has 3 rings (SSSR count). The Morgan fingerprint density at radius 1 is 1.24 bits per heavy atom. The van der Waals surface area contributed by atoms with E-state index in [0.717, 1.165) is 66.5 Å². The van der Waals surface area contributed by atoms with E-state index < -0.39 is 6.09 Å². The highest BCUT2D eigenvalue weighted by atomic mass is 16.4. The fourth-order valence-corrected chi connectivity index (χ4v) is 3.02. The van der Waals surface area contributed by atoms with Crippen molar-refractivity contribution < 1.29 is 9.90 Å². The molecular weight excluding hydrogens is 318 g/mol. The normalized spacial score (nSPS) is 11.2. The van der Waals surface area contributed by atoms with E-state index in [4.69, 9.17) is 4.98 Å². The number of pyridine rings is 2. The van der Waals surface area contributed by atoms with Crippen LogP contribution < -0.4 is 10.4 Å². The molecule has 3 heterocycles. The molecule has 132 valence electrons. The van der Waals surface area contributed by atoms with E-state index >= 15 is 0 Å². The predicted molar refractivity (Wildman–Crippen MR) is 94.1 cm³/mol. The van der Waals surface area contributed by atoms with Gasteiger partial charge in [-0.05, 0) is 31.4 Å². The maximum atomic E-state index is 10.4. The molecule has 1 N–H and O–H groups in total. The molecule has 7 heteroatoms. The first kappa shape index (κ1) is 17.1. The first-order valence-corrected chi connectivity index (χ1v) is 8.74. The van der Waals surface area contributed by atoms with Crippen LogP contribution in [0.25, 0.3) is 22.1 Å². The molecule has 0 spiro atoms. The van der Waals surface area contributed by atoms with Crippen LogP contribution in [0.5, 0.6) is 0 Å². The van der Waals surface area contributed by atoms with Gasteiger partial charge in [0.15, 0.2) is 0 Å².